The Morgan fingerprint density at radius 3 is 2.73 bits per heavy atom. The van der Waals surface area contributed by atoms with E-state index in [1.54, 1.807) is 19.2 Å². The summed E-state index contributed by atoms with van der Waals surface area (Å²) in [7, 11) is 1.67. The summed E-state index contributed by atoms with van der Waals surface area (Å²) in [6.07, 6.45) is 0. The molecule has 3 heteroatoms. The number of benzene rings is 2. The van der Waals surface area contributed by atoms with Gasteiger partial charge in [0.05, 0.1) is 18.2 Å². The quantitative estimate of drug-likeness (QED) is 0.808. The Kier molecular flexibility index (Phi) is 5.57. The van der Waals surface area contributed by atoms with E-state index in [-0.39, 0.29) is 5.92 Å². The minimum atomic E-state index is 0.0661. The van der Waals surface area contributed by atoms with E-state index in [2.05, 4.69) is 13.0 Å². The molecule has 0 amide bonds. The number of aryl methyl sites for hydroxylation is 1. The molecule has 113 valence electrons. The highest BCUT2D eigenvalue weighted by Gasteiger charge is 2.11. The van der Waals surface area contributed by atoms with Crippen LogP contribution in [0.3, 0.4) is 0 Å². The van der Waals surface area contributed by atoms with Crippen molar-refractivity contribution in [2.75, 3.05) is 13.7 Å². The van der Waals surface area contributed by atoms with Crippen LogP contribution in [0.5, 0.6) is 5.75 Å². The molecule has 0 aliphatic rings. The lowest BCUT2D eigenvalue weighted by atomic mass is 9.97. The Morgan fingerprint density at radius 1 is 1.23 bits per heavy atom. The fourth-order valence-electron chi connectivity index (χ4n) is 2.34. The van der Waals surface area contributed by atoms with Crippen molar-refractivity contribution in [3.05, 3.63) is 71.6 Å². The number of hydrogen-bond donors (Lipinski definition) is 0. The van der Waals surface area contributed by atoms with Crippen LogP contribution in [0.4, 0.5) is 0 Å². The van der Waals surface area contributed by atoms with Gasteiger partial charge in [-0.15, -0.1) is 0 Å². The minimum Gasteiger partial charge on any atom is -0.489 e. The summed E-state index contributed by atoms with van der Waals surface area (Å²) in [5.74, 6) is 0.803. The Balaban J connectivity index is 2.17. The highest BCUT2D eigenvalue weighted by Crippen LogP contribution is 2.24. The lowest BCUT2D eigenvalue weighted by Crippen LogP contribution is -2.08. The van der Waals surface area contributed by atoms with E-state index in [0.29, 0.717) is 18.8 Å². The van der Waals surface area contributed by atoms with E-state index in [4.69, 9.17) is 14.7 Å². The van der Waals surface area contributed by atoms with Crippen molar-refractivity contribution in [3.63, 3.8) is 0 Å². The molecule has 0 saturated heterocycles. The molecule has 1 radical (unpaired) electrons. The first-order valence-corrected chi connectivity index (χ1v) is 7.19. The second kappa shape index (κ2) is 7.63. The predicted octanol–water partition coefficient (Wildman–Crippen LogP) is 4.01. The first-order chi connectivity index (χ1) is 10.7. The monoisotopic (exact) mass is 294 g/mol. The van der Waals surface area contributed by atoms with Crippen LogP contribution in [-0.4, -0.2) is 13.7 Å². The van der Waals surface area contributed by atoms with Gasteiger partial charge in [-0.1, -0.05) is 30.3 Å². The smallest absolute Gasteiger partial charge is 0.124 e. The van der Waals surface area contributed by atoms with Gasteiger partial charge in [0.2, 0.25) is 0 Å². The van der Waals surface area contributed by atoms with Crippen LogP contribution >= 0.6 is 0 Å². The average Bonchev–Trinajstić information content (AvgIpc) is 2.54. The molecule has 2 aromatic rings. The van der Waals surface area contributed by atoms with Crippen LogP contribution in [-0.2, 0) is 11.3 Å². The molecule has 1 atom stereocenters. The Hall–Kier alpha value is -2.31. The highest BCUT2D eigenvalue weighted by atomic mass is 16.5. The molecule has 0 heterocycles. The summed E-state index contributed by atoms with van der Waals surface area (Å²) < 4.78 is 11.1. The SMILES string of the molecule is [CH2]C(COC)c1ccccc1COc1cc(C#N)ccc1C. The van der Waals surface area contributed by atoms with Crippen molar-refractivity contribution in [2.24, 2.45) is 0 Å². The maximum atomic E-state index is 8.99. The lowest BCUT2D eigenvalue weighted by molar-refractivity contribution is 0.189. The normalized spacial score (nSPS) is 11.7. The van der Waals surface area contributed by atoms with Gasteiger partial charge in [-0.2, -0.15) is 5.26 Å². The lowest BCUT2D eigenvalue weighted by Gasteiger charge is -2.17. The maximum absolute atomic E-state index is 8.99. The molecule has 2 rings (SSSR count). The number of rotatable bonds is 6. The summed E-state index contributed by atoms with van der Waals surface area (Å²) >= 11 is 0. The van der Waals surface area contributed by atoms with Gasteiger partial charge < -0.3 is 9.47 Å². The first-order valence-electron chi connectivity index (χ1n) is 7.19. The number of hydrogen-bond acceptors (Lipinski definition) is 3. The molecule has 1 unspecified atom stereocenters. The molecule has 22 heavy (non-hydrogen) atoms. The molecule has 0 aliphatic heterocycles. The Labute approximate surface area is 132 Å². The van der Waals surface area contributed by atoms with Crippen molar-refractivity contribution < 1.29 is 9.47 Å². The molecular formula is C19H20NO2. The van der Waals surface area contributed by atoms with E-state index >= 15 is 0 Å². The van der Waals surface area contributed by atoms with Crippen molar-refractivity contribution in [1.29, 1.82) is 5.26 Å². The zero-order valence-electron chi connectivity index (χ0n) is 13.0. The first kappa shape index (κ1) is 16.1. The Bertz CT molecular complexity index is 673. The van der Waals surface area contributed by atoms with Crippen LogP contribution < -0.4 is 4.74 Å². The summed E-state index contributed by atoms with van der Waals surface area (Å²) in [5.41, 5.74) is 3.82. The van der Waals surface area contributed by atoms with Crippen LogP contribution in [0, 0.1) is 25.2 Å². The van der Waals surface area contributed by atoms with E-state index < -0.39 is 0 Å². The number of ether oxygens (including phenoxy) is 2. The van der Waals surface area contributed by atoms with Gasteiger partial charge in [-0.25, -0.2) is 0 Å². The van der Waals surface area contributed by atoms with Gasteiger partial charge >= 0.3 is 0 Å². The zero-order chi connectivity index (χ0) is 15.9. The summed E-state index contributed by atoms with van der Waals surface area (Å²) in [6.45, 7) is 7.12. The molecule has 2 aromatic carbocycles. The van der Waals surface area contributed by atoms with Crippen molar-refractivity contribution in [2.45, 2.75) is 19.4 Å². The third-order valence-corrected chi connectivity index (χ3v) is 3.56. The van der Waals surface area contributed by atoms with E-state index in [9.17, 15) is 0 Å². The maximum Gasteiger partial charge on any atom is 0.124 e. The van der Waals surface area contributed by atoms with Gasteiger partial charge in [-0.05, 0) is 42.7 Å². The number of nitriles is 1. The van der Waals surface area contributed by atoms with E-state index in [1.807, 2.05) is 37.3 Å². The third-order valence-electron chi connectivity index (χ3n) is 3.56. The van der Waals surface area contributed by atoms with Gasteiger partial charge in [0.1, 0.15) is 12.4 Å². The van der Waals surface area contributed by atoms with Crippen molar-refractivity contribution in [1.82, 2.24) is 0 Å². The zero-order valence-corrected chi connectivity index (χ0v) is 13.0. The van der Waals surface area contributed by atoms with E-state index in [1.165, 1.54) is 0 Å². The third kappa shape index (κ3) is 3.87. The second-order valence-electron chi connectivity index (χ2n) is 5.23. The molecule has 0 fully saturated rings. The predicted molar refractivity (Wildman–Crippen MR) is 86.6 cm³/mol. The van der Waals surface area contributed by atoms with Gasteiger partial charge in [0, 0.05) is 13.0 Å². The average molecular weight is 294 g/mol. The van der Waals surface area contributed by atoms with Crippen LogP contribution in [0.1, 0.15) is 28.2 Å². The Morgan fingerprint density at radius 2 is 2.00 bits per heavy atom. The molecule has 0 saturated carbocycles. The molecule has 0 spiro atoms. The largest absolute Gasteiger partial charge is 0.489 e. The topological polar surface area (TPSA) is 42.2 Å². The summed E-state index contributed by atoms with van der Waals surface area (Å²) in [6, 6.07) is 15.7. The van der Waals surface area contributed by atoms with Gasteiger partial charge in [-0.3, -0.25) is 0 Å². The molecule has 0 N–H and O–H groups in total. The summed E-state index contributed by atoms with van der Waals surface area (Å²) in [4.78, 5) is 0. The van der Waals surface area contributed by atoms with Gasteiger partial charge in [0.25, 0.3) is 0 Å². The number of nitrogens with zero attached hydrogens (tertiary/aromatic N) is 1. The fourth-order valence-corrected chi connectivity index (χ4v) is 2.34. The molecule has 0 aromatic heterocycles. The molecule has 3 nitrogen and oxygen atoms in total. The van der Waals surface area contributed by atoms with Gasteiger partial charge in [0.15, 0.2) is 0 Å². The number of methoxy groups -OCH3 is 1. The fraction of sp³-hybridized carbons (Fsp3) is 0.263. The van der Waals surface area contributed by atoms with Crippen LogP contribution in [0.2, 0.25) is 0 Å². The second-order valence-corrected chi connectivity index (χ2v) is 5.23. The molecular weight excluding hydrogens is 274 g/mol. The molecule has 0 aliphatic carbocycles. The van der Waals surface area contributed by atoms with Crippen LogP contribution in [0.15, 0.2) is 42.5 Å². The van der Waals surface area contributed by atoms with Crippen LogP contribution in [0.25, 0.3) is 0 Å². The minimum absolute atomic E-state index is 0.0661. The molecule has 0 bridgehead atoms. The van der Waals surface area contributed by atoms with Crippen molar-refractivity contribution in [3.8, 4) is 11.8 Å². The highest BCUT2D eigenvalue weighted by molar-refractivity contribution is 5.42. The summed E-state index contributed by atoms with van der Waals surface area (Å²) in [5, 5.41) is 8.99. The van der Waals surface area contributed by atoms with E-state index in [0.717, 1.165) is 22.4 Å². The van der Waals surface area contributed by atoms with Crippen molar-refractivity contribution >= 4 is 0 Å². The standard InChI is InChI=1S/C19H20NO2/c1-14-8-9-16(11-20)10-19(14)22-13-17-6-4-5-7-18(17)15(2)12-21-3/h4-10,15H,2,12-13H2,1,3H3.